The molecule has 0 aromatic heterocycles. The Morgan fingerprint density at radius 1 is 0.784 bits per heavy atom. The van der Waals surface area contributed by atoms with Gasteiger partial charge in [-0.25, -0.2) is 14.4 Å². The van der Waals surface area contributed by atoms with Gasteiger partial charge in [0.15, 0.2) is 0 Å². The zero-order valence-corrected chi connectivity index (χ0v) is 20.6. The minimum atomic E-state index is -2.11. The van der Waals surface area contributed by atoms with Crippen LogP contribution in [0, 0.1) is 13.8 Å². The fourth-order valence-corrected chi connectivity index (χ4v) is 3.54. The van der Waals surface area contributed by atoms with E-state index in [-0.39, 0.29) is 17.7 Å². The smallest absolute Gasteiger partial charge is 0.349 e. The van der Waals surface area contributed by atoms with Crippen molar-refractivity contribution in [3.63, 3.8) is 0 Å². The van der Waals surface area contributed by atoms with Crippen LogP contribution < -0.4 is 10.1 Å². The molecule has 9 nitrogen and oxygen atoms in total. The predicted octanol–water partition coefficient (Wildman–Crippen LogP) is 3.46. The Morgan fingerprint density at radius 3 is 1.84 bits per heavy atom. The monoisotopic (exact) mass is 505 g/mol. The maximum atomic E-state index is 13.2. The molecule has 0 aliphatic heterocycles. The Balaban J connectivity index is 1.89. The van der Waals surface area contributed by atoms with Crippen molar-refractivity contribution in [1.29, 1.82) is 0 Å². The second-order valence-electron chi connectivity index (χ2n) is 8.26. The van der Waals surface area contributed by atoms with E-state index in [1.807, 2.05) is 0 Å². The van der Waals surface area contributed by atoms with Gasteiger partial charge in [0.2, 0.25) is 12.2 Å². The van der Waals surface area contributed by atoms with E-state index in [1.165, 1.54) is 31.4 Å². The van der Waals surface area contributed by atoms with Crippen LogP contribution in [0.15, 0.2) is 72.8 Å². The zero-order valence-electron chi connectivity index (χ0n) is 20.6. The standard InChI is InChI=1S/C28H27NO8/c1-17-8-6-11-19(14-17)27(33)36-23(25(30)29-16-21-10-4-5-13-22(21)35-3)24(26(31)32)37-28(34)20-12-7-9-18(2)15-20/h4-15,23-24H,16H2,1-3H3,(H,29,30)(H,31,32)/t23-,24-/m1/s1. The third-order valence-electron chi connectivity index (χ3n) is 5.40. The maximum Gasteiger partial charge on any atom is 0.349 e. The number of methoxy groups -OCH3 is 1. The molecule has 0 fully saturated rings. The van der Waals surface area contributed by atoms with Crippen molar-refractivity contribution in [1.82, 2.24) is 5.32 Å². The Morgan fingerprint density at radius 2 is 1.32 bits per heavy atom. The number of benzene rings is 3. The number of rotatable bonds is 10. The highest BCUT2D eigenvalue weighted by molar-refractivity contribution is 5.96. The molecule has 0 unspecified atom stereocenters. The number of carbonyl (C=O) groups excluding carboxylic acids is 3. The van der Waals surface area contributed by atoms with Crippen molar-refractivity contribution in [2.75, 3.05) is 7.11 Å². The first-order valence-electron chi connectivity index (χ1n) is 11.4. The number of carboxylic acids is 1. The summed E-state index contributed by atoms with van der Waals surface area (Å²) in [5, 5.41) is 12.4. The van der Waals surface area contributed by atoms with Crippen LogP contribution in [0.3, 0.4) is 0 Å². The molecule has 192 valence electrons. The Hall–Kier alpha value is -4.66. The van der Waals surface area contributed by atoms with Crippen LogP contribution in [0.2, 0.25) is 0 Å². The molecule has 0 aliphatic rings. The molecule has 0 spiro atoms. The lowest BCUT2D eigenvalue weighted by molar-refractivity contribution is -0.159. The number of esters is 2. The van der Waals surface area contributed by atoms with Gasteiger partial charge in [0.25, 0.3) is 5.91 Å². The number of ether oxygens (including phenoxy) is 3. The van der Waals surface area contributed by atoms with Gasteiger partial charge < -0.3 is 24.6 Å². The lowest BCUT2D eigenvalue weighted by atomic mass is 10.1. The number of hydrogen-bond donors (Lipinski definition) is 2. The molecule has 3 rings (SSSR count). The molecule has 2 N–H and O–H groups in total. The first-order valence-corrected chi connectivity index (χ1v) is 11.4. The van der Waals surface area contributed by atoms with E-state index in [9.17, 15) is 24.3 Å². The third kappa shape index (κ3) is 7.17. The van der Waals surface area contributed by atoms with E-state index in [0.717, 1.165) is 11.1 Å². The summed E-state index contributed by atoms with van der Waals surface area (Å²) in [6.07, 6.45) is -4.09. The number of para-hydroxylation sites is 1. The summed E-state index contributed by atoms with van der Waals surface area (Å²) in [5.74, 6) is -4.05. The first kappa shape index (κ1) is 26.9. The molecule has 0 heterocycles. The lowest BCUT2D eigenvalue weighted by Crippen LogP contribution is -2.50. The van der Waals surface area contributed by atoms with Gasteiger partial charge in [-0.2, -0.15) is 0 Å². The normalized spacial score (nSPS) is 12.1. The quantitative estimate of drug-likeness (QED) is 0.401. The summed E-state index contributed by atoms with van der Waals surface area (Å²) >= 11 is 0. The van der Waals surface area contributed by atoms with Crippen molar-refractivity contribution in [2.24, 2.45) is 0 Å². The summed E-state index contributed by atoms with van der Waals surface area (Å²) < 4.78 is 15.8. The molecule has 0 saturated heterocycles. The average Bonchev–Trinajstić information content (AvgIpc) is 2.89. The van der Waals surface area contributed by atoms with Gasteiger partial charge in [-0.05, 0) is 44.2 Å². The second kappa shape index (κ2) is 12.3. The number of hydrogen-bond acceptors (Lipinski definition) is 7. The zero-order chi connectivity index (χ0) is 26.9. The fraction of sp³-hybridized carbons (Fsp3) is 0.214. The van der Waals surface area contributed by atoms with E-state index < -0.39 is 36.0 Å². The first-order chi connectivity index (χ1) is 17.7. The molecule has 0 bridgehead atoms. The minimum absolute atomic E-state index is 0.0560. The lowest BCUT2D eigenvalue weighted by Gasteiger charge is -2.24. The number of carbonyl (C=O) groups is 4. The van der Waals surface area contributed by atoms with Crippen LogP contribution in [0.5, 0.6) is 5.75 Å². The van der Waals surface area contributed by atoms with E-state index in [1.54, 1.807) is 62.4 Å². The summed E-state index contributed by atoms with van der Waals surface area (Å²) in [4.78, 5) is 50.9. The fourth-order valence-electron chi connectivity index (χ4n) is 3.54. The molecule has 1 amide bonds. The van der Waals surface area contributed by atoms with Crippen LogP contribution in [0.1, 0.15) is 37.4 Å². The topological polar surface area (TPSA) is 128 Å². The van der Waals surface area contributed by atoms with Crippen molar-refractivity contribution in [3.05, 3.63) is 101 Å². The van der Waals surface area contributed by atoms with Gasteiger partial charge in [0, 0.05) is 12.1 Å². The number of carboxylic acid groups (broad SMARTS) is 1. The van der Waals surface area contributed by atoms with Gasteiger partial charge in [0.1, 0.15) is 5.75 Å². The molecule has 3 aromatic carbocycles. The summed E-state index contributed by atoms with van der Waals surface area (Å²) in [5.41, 5.74) is 2.30. The van der Waals surface area contributed by atoms with E-state index in [0.29, 0.717) is 11.3 Å². The number of aryl methyl sites for hydroxylation is 2. The Kier molecular flexibility index (Phi) is 8.99. The molecule has 0 radical (unpaired) electrons. The Labute approximate surface area is 214 Å². The number of aliphatic carboxylic acids is 1. The largest absolute Gasteiger partial charge is 0.496 e. The van der Waals surface area contributed by atoms with Crippen molar-refractivity contribution in [3.8, 4) is 5.75 Å². The Bertz CT molecular complexity index is 1300. The molecular weight excluding hydrogens is 478 g/mol. The molecule has 3 aromatic rings. The van der Waals surface area contributed by atoms with Crippen molar-refractivity contribution < 1.29 is 38.5 Å². The highest BCUT2D eigenvalue weighted by Crippen LogP contribution is 2.18. The highest BCUT2D eigenvalue weighted by atomic mass is 16.6. The number of amides is 1. The van der Waals surface area contributed by atoms with Crippen LogP contribution in [0.4, 0.5) is 0 Å². The van der Waals surface area contributed by atoms with Gasteiger partial charge in [0.05, 0.1) is 18.2 Å². The van der Waals surface area contributed by atoms with E-state index >= 15 is 0 Å². The molecule has 37 heavy (non-hydrogen) atoms. The van der Waals surface area contributed by atoms with Gasteiger partial charge in [-0.15, -0.1) is 0 Å². The maximum absolute atomic E-state index is 13.2. The van der Waals surface area contributed by atoms with E-state index in [2.05, 4.69) is 5.32 Å². The molecule has 0 saturated carbocycles. The van der Waals surface area contributed by atoms with Gasteiger partial charge >= 0.3 is 17.9 Å². The van der Waals surface area contributed by atoms with Crippen LogP contribution in [-0.2, 0) is 25.6 Å². The van der Waals surface area contributed by atoms with Gasteiger partial charge in [-0.1, -0.05) is 53.6 Å². The average molecular weight is 506 g/mol. The van der Waals surface area contributed by atoms with Crippen LogP contribution >= 0.6 is 0 Å². The SMILES string of the molecule is COc1ccccc1CNC(=O)[C@H](OC(=O)c1cccc(C)c1)[C@@H](OC(=O)c1cccc(C)c1)C(=O)O. The number of nitrogens with one attached hydrogen (secondary N) is 1. The van der Waals surface area contributed by atoms with Crippen LogP contribution in [0.25, 0.3) is 0 Å². The van der Waals surface area contributed by atoms with Crippen molar-refractivity contribution in [2.45, 2.75) is 32.6 Å². The highest BCUT2D eigenvalue weighted by Gasteiger charge is 2.41. The molecular formula is C28H27NO8. The molecule has 0 aliphatic carbocycles. The summed E-state index contributed by atoms with van der Waals surface area (Å²) in [7, 11) is 1.47. The summed E-state index contributed by atoms with van der Waals surface area (Å²) in [6.45, 7) is 3.46. The second-order valence-corrected chi connectivity index (χ2v) is 8.26. The van der Waals surface area contributed by atoms with Crippen LogP contribution in [-0.4, -0.2) is 48.2 Å². The molecule has 9 heteroatoms. The molecule has 2 atom stereocenters. The summed E-state index contributed by atoms with van der Waals surface area (Å²) in [6, 6.07) is 19.6. The minimum Gasteiger partial charge on any atom is -0.496 e. The van der Waals surface area contributed by atoms with Gasteiger partial charge in [-0.3, -0.25) is 4.79 Å². The third-order valence-corrected chi connectivity index (χ3v) is 5.40. The van der Waals surface area contributed by atoms with Crippen molar-refractivity contribution >= 4 is 23.8 Å². The predicted molar refractivity (Wildman–Crippen MR) is 133 cm³/mol. The van der Waals surface area contributed by atoms with E-state index in [4.69, 9.17) is 14.2 Å².